The highest BCUT2D eigenvalue weighted by atomic mass is 32.2. The largest absolute Gasteiger partial charge is 0.386 e. The Morgan fingerprint density at radius 2 is 1.91 bits per heavy atom. The number of amides is 1. The Morgan fingerprint density at radius 1 is 1.25 bits per heavy atom. The molecule has 2 fully saturated rings. The van der Waals surface area contributed by atoms with E-state index in [4.69, 9.17) is 4.74 Å². The highest BCUT2D eigenvalue weighted by Crippen LogP contribution is 2.39. The van der Waals surface area contributed by atoms with Crippen molar-refractivity contribution in [2.24, 2.45) is 0 Å². The SMILES string of the molecule is Cc1cc(C)c2[nH]c(C(=O)N3CCC4(CC3)C[C@H](NS(C)(=O)=O)[C@@](C)(O)CO4)c(C)c2c1. The number of rotatable bonds is 3. The van der Waals surface area contributed by atoms with E-state index in [9.17, 15) is 18.3 Å². The van der Waals surface area contributed by atoms with Gasteiger partial charge < -0.3 is 19.7 Å². The van der Waals surface area contributed by atoms with Gasteiger partial charge in [0.25, 0.3) is 5.91 Å². The Labute approximate surface area is 189 Å². The number of carbonyl (C=O) groups excluding carboxylic acids is 1. The molecule has 1 aromatic heterocycles. The monoisotopic (exact) mass is 463 g/mol. The highest BCUT2D eigenvalue weighted by Gasteiger charge is 2.49. The molecule has 176 valence electrons. The molecule has 32 heavy (non-hydrogen) atoms. The third-order valence-corrected chi connectivity index (χ3v) is 7.75. The number of aliphatic hydroxyl groups is 1. The molecule has 1 aromatic carbocycles. The van der Waals surface area contributed by atoms with Gasteiger partial charge in [0.05, 0.1) is 24.5 Å². The molecular weight excluding hydrogens is 430 g/mol. The first-order chi connectivity index (χ1) is 14.8. The van der Waals surface area contributed by atoms with Crippen LogP contribution in [0.2, 0.25) is 0 Å². The van der Waals surface area contributed by atoms with Gasteiger partial charge in [0.15, 0.2) is 0 Å². The number of ether oxygens (including phenoxy) is 1. The van der Waals surface area contributed by atoms with Gasteiger partial charge in [0.1, 0.15) is 11.3 Å². The minimum atomic E-state index is -3.47. The van der Waals surface area contributed by atoms with Crippen molar-refractivity contribution in [3.05, 3.63) is 34.5 Å². The summed E-state index contributed by atoms with van der Waals surface area (Å²) in [4.78, 5) is 18.5. The zero-order valence-corrected chi connectivity index (χ0v) is 20.2. The molecule has 0 aliphatic carbocycles. The summed E-state index contributed by atoms with van der Waals surface area (Å²) in [7, 11) is -3.47. The average Bonchev–Trinajstić information content (AvgIpc) is 3.01. The predicted octanol–water partition coefficient (Wildman–Crippen LogP) is 2.16. The van der Waals surface area contributed by atoms with Crippen molar-refractivity contribution in [3.63, 3.8) is 0 Å². The van der Waals surface area contributed by atoms with Crippen LogP contribution in [0.25, 0.3) is 10.9 Å². The number of H-pyrrole nitrogens is 1. The molecule has 0 bridgehead atoms. The van der Waals surface area contributed by atoms with Crippen LogP contribution in [-0.4, -0.2) is 72.5 Å². The zero-order chi connectivity index (χ0) is 23.5. The van der Waals surface area contributed by atoms with Crippen molar-refractivity contribution in [2.75, 3.05) is 26.0 Å². The highest BCUT2D eigenvalue weighted by molar-refractivity contribution is 7.88. The maximum atomic E-state index is 13.3. The van der Waals surface area contributed by atoms with E-state index >= 15 is 0 Å². The number of aryl methyl sites for hydroxylation is 3. The van der Waals surface area contributed by atoms with Crippen LogP contribution in [0.15, 0.2) is 12.1 Å². The molecule has 2 aromatic rings. The van der Waals surface area contributed by atoms with E-state index in [2.05, 4.69) is 28.8 Å². The number of aromatic nitrogens is 1. The molecule has 2 saturated heterocycles. The van der Waals surface area contributed by atoms with E-state index in [0.717, 1.165) is 28.3 Å². The van der Waals surface area contributed by atoms with Crippen LogP contribution in [0.4, 0.5) is 0 Å². The van der Waals surface area contributed by atoms with Gasteiger partial charge in [-0.05, 0) is 64.2 Å². The lowest BCUT2D eigenvalue weighted by atomic mass is 9.78. The standard InChI is InChI=1S/C23H33N3O5S/c1-14-10-15(2)19-17(11-14)16(3)20(24-19)21(27)26-8-6-23(7-9-26)12-18(25-32(5,29)30)22(4,28)13-31-23/h10-11,18,24-25,28H,6-9,12-13H2,1-5H3/t18-,22-/m0/s1. The molecule has 1 amide bonds. The maximum absolute atomic E-state index is 13.3. The molecule has 8 nitrogen and oxygen atoms in total. The third-order valence-electron chi connectivity index (χ3n) is 7.04. The van der Waals surface area contributed by atoms with Crippen molar-refractivity contribution in [1.82, 2.24) is 14.6 Å². The number of carbonyl (C=O) groups is 1. The number of piperidine rings is 1. The van der Waals surface area contributed by atoms with Crippen molar-refractivity contribution in [3.8, 4) is 0 Å². The number of fused-ring (bicyclic) bond motifs is 1. The van der Waals surface area contributed by atoms with Crippen LogP contribution in [0.1, 0.15) is 53.4 Å². The molecule has 3 N–H and O–H groups in total. The summed E-state index contributed by atoms with van der Waals surface area (Å²) < 4.78 is 32.2. The summed E-state index contributed by atoms with van der Waals surface area (Å²) in [6.45, 7) is 8.74. The Morgan fingerprint density at radius 3 is 2.53 bits per heavy atom. The van der Waals surface area contributed by atoms with Gasteiger partial charge in [-0.25, -0.2) is 13.1 Å². The van der Waals surface area contributed by atoms with Gasteiger partial charge in [0.2, 0.25) is 10.0 Å². The smallest absolute Gasteiger partial charge is 0.270 e. The van der Waals surface area contributed by atoms with Gasteiger partial charge in [-0.1, -0.05) is 11.6 Å². The van der Waals surface area contributed by atoms with Crippen LogP contribution in [-0.2, 0) is 14.8 Å². The summed E-state index contributed by atoms with van der Waals surface area (Å²) >= 11 is 0. The first-order valence-corrected chi connectivity index (χ1v) is 12.9. The second-order valence-electron chi connectivity index (χ2n) is 9.90. The fourth-order valence-electron chi connectivity index (χ4n) is 5.10. The van der Waals surface area contributed by atoms with Gasteiger partial charge >= 0.3 is 0 Å². The number of likely N-dealkylation sites (tertiary alicyclic amines) is 1. The molecule has 0 radical (unpaired) electrons. The van der Waals surface area contributed by atoms with Crippen molar-refractivity contribution < 1.29 is 23.1 Å². The van der Waals surface area contributed by atoms with E-state index in [0.29, 0.717) is 38.0 Å². The molecule has 2 aliphatic heterocycles. The molecule has 2 aliphatic rings. The number of sulfonamides is 1. The quantitative estimate of drug-likeness (QED) is 0.646. The van der Waals surface area contributed by atoms with Crippen molar-refractivity contribution >= 4 is 26.8 Å². The molecule has 0 saturated carbocycles. The summed E-state index contributed by atoms with van der Waals surface area (Å²) in [5.41, 5.74) is 3.03. The van der Waals surface area contributed by atoms with Crippen molar-refractivity contribution in [1.29, 1.82) is 0 Å². The Hall–Kier alpha value is -1.94. The average molecular weight is 464 g/mol. The molecule has 4 rings (SSSR count). The maximum Gasteiger partial charge on any atom is 0.270 e. The number of hydrogen-bond acceptors (Lipinski definition) is 5. The van der Waals surface area contributed by atoms with Crippen LogP contribution in [0.5, 0.6) is 0 Å². The molecule has 3 heterocycles. The summed E-state index contributed by atoms with van der Waals surface area (Å²) in [6, 6.07) is 3.58. The minimum Gasteiger partial charge on any atom is -0.386 e. The second-order valence-corrected chi connectivity index (χ2v) is 11.7. The third kappa shape index (κ3) is 4.31. The van der Waals surface area contributed by atoms with E-state index in [-0.39, 0.29) is 12.5 Å². The topological polar surface area (TPSA) is 112 Å². The van der Waals surface area contributed by atoms with E-state index in [1.807, 2.05) is 18.7 Å². The number of hydrogen-bond donors (Lipinski definition) is 3. The predicted molar refractivity (Wildman–Crippen MR) is 123 cm³/mol. The van der Waals surface area contributed by atoms with Crippen LogP contribution in [0.3, 0.4) is 0 Å². The fourth-order valence-corrected chi connectivity index (χ4v) is 5.95. The molecule has 0 unspecified atom stereocenters. The lowest BCUT2D eigenvalue weighted by Gasteiger charge is -2.50. The number of aromatic amines is 1. The summed E-state index contributed by atoms with van der Waals surface area (Å²) in [6.07, 6.45) is 2.65. The Bertz CT molecular complexity index is 1160. The lowest BCUT2D eigenvalue weighted by molar-refractivity contribution is -0.187. The fraction of sp³-hybridized carbons (Fsp3) is 0.609. The van der Waals surface area contributed by atoms with E-state index in [1.165, 1.54) is 5.56 Å². The molecular formula is C23H33N3O5S. The summed E-state index contributed by atoms with van der Waals surface area (Å²) in [5, 5.41) is 11.7. The first-order valence-electron chi connectivity index (χ1n) is 11.0. The van der Waals surface area contributed by atoms with Crippen LogP contribution in [0, 0.1) is 20.8 Å². The van der Waals surface area contributed by atoms with E-state index < -0.39 is 27.3 Å². The summed E-state index contributed by atoms with van der Waals surface area (Å²) in [5.74, 6) is -0.0285. The van der Waals surface area contributed by atoms with Gasteiger partial charge in [0, 0.05) is 24.0 Å². The molecule has 9 heteroatoms. The van der Waals surface area contributed by atoms with Gasteiger partial charge in [-0.15, -0.1) is 0 Å². The van der Waals surface area contributed by atoms with Gasteiger partial charge in [-0.3, -0.25) is 4.79 Å². The Kier molecular flexibility index (Phi) is 5.68. The zero-order valence-electron chi connectivity index (χ0n) is 19.4. The normalized spacial score (nSPS) is 26.1. The number of nitrogens with zero attached hydrogens (tertiary/aromatic N) is 1. The van der Waals surface area contributed by atoms with Crippen molar-refractivity contribution in [2.45, 2.75) is 64.2 Å². The Balaban J connectivity index is 1.50. The second kappa shape index (κ2) is 7.83. The minimum absolute atomic E-state index is 0.0285. The molecule has 2 atom stereocenters. The number of nitrogens with one attached hydrogen (secondary N) is 2. The lowest BCUT2D eigenvalue weighted by Crippen LogP contribution is -2.64. The molecule has 1 spiro atoms. The van der Waals surface area contributed by atoms with Gasteiger partial charge in [-0.2, -0.15) is 0 Å². The van der Waals surface area contributed by atoms with E-state index in [1.54, 1.807) is 6.92 Å². The first kappa shape index (κ1) is 23.2. The van der Waals surface area contributed by atoms with Crippen LogP contribution < -0.4 is 4.72 Å². The van der Waals surface area contributed by atoms with Crippen LogP contribution >= 0.6 is 0 Å². The number of benzene rings is 1.